The minimum absolute atomic E-state index is 0.243. The van der Waals surface area contributed by atoms with Crippen molar-refractivity contribution >= 4 is 21.6 Å². The van der Waals surface area contributed by atoms with Crippen molar-refractivity contribution in [2.75, 3.05) is 43.8 Å². The van der Waals surface area contributed by atoms with E-state index >= 15 is 0 Å². The highest BCUT2D eigenvalue weighted by molar-refractivity contribution is 7.92. The molecular weight excluding hydrogens is 321 g/mol. The molecule has 1 aromatic carbocycles. The van der Waals surface area contributed by atoms with Crippen molar-refractivity contribution in [2.45, 2.75) is 13.0 Å². The van der Waals surface area contributed by atoms with Crippen LogP contribution in [0.15, 0.2) is 24.3 Å². The van der Waals surface area contributed by atoms with E-state index < -0.39 is 21.9 Å². The maximum absolute atomic E-state index is 13.1. The Morgan fingerprint density at radius 1 is 1.17 bits per heavy atom. The summed E-state index contributed by atoms with van der Waals surface area (Å²) in [6, 6.07) is 4.22. The quantitative estimate of drug-likeness (QED) is 0.810. The summed E-state index contributed by atoms with van der Waals surface area (Å²) in [6.07, 6.45) is 1.05. The minimum atomic E-state index is -3.67. The van der Waals surface area contributed by atoms with Gasteiger partial charge in [-0.25, -0.2) is 12.8 Å². The first-order valence-electron chi connectivity index (χ1n) is 7.42. The second kappa shape index (κ2) is 6.84. The molecule has 1 amide bonds. The number of halogens is 1. The molecule has 8 heteroatoms. The van der Waals surface area contributed by atoms with Crippen molar-refractivity contribution < 1.29 is 17.6 Å². The molecule has 0 N–H and O–H groups in total. The summed E-state index contributed by atoms with van der Waals surface area (Å²) in [5.41, 5.74) is 0.281. The predicted octanol–water partition coefficient (Wildman–Crippen LogP) is 0.754. The molecule has 1 fully saturated rings. The Kier molecular flexibility index (Phi) is 5.26. The molecule has 1 saturated heterocycles. The van der Waals surface area contributed by atoms with Crippen molar-refractivity contribution in [1.82, 2.24) is 9.80 Å². The highest BCUT2D eigenvalue weighted by Gasteiger charge is 2.32. The highest BCUT2D eigenvalue weighted by atomic mass is 32.2. The zero-order valence-electron chi connectivity index (χ0n) is 13.6. The number of carbonyl (C=O) groups excluding carboxylic acids is 1. The summed E-state index contributed by atoms with van der Waals surface area (Å²) in [7, 11) is -1.69. The van der Waals surface area contributed by atoms with Gasteiger partial charge < -0.3 is 9.80 Å². The van der Waals surface area contributed by atoms with Crippen LogP contribution >= 0.6 is 0 Å². The zero-order chi connectivity index (χ0) is 17.2. The Bertz CT molecular complexity index is 655. The third-order valence-electron chi connectivity index (χ3n) is 3.96. The van der Waals surface area contributed by atoms with Crippen molar-refractivity contribution in [3.05, 3.63) is 30.1 Å². The molecule has 0 bridgehead atoms. The average Bonchev–Trinajstić information content (AvgIpc) is 2.48. The van der Waals surface area contributed by atoms with Gasteiger partial charge in [-0.2, -0.15) is 0 Å². The molecule has 0 aliphatic carbocycles. The molecule has 2 rings (SSSR count). The molecule has 1 aromatic rings. The average molecular weight is 343 g/mol. The molecule has 1 aliphatic heterocycles. The van der Waals surface area contributed by atoms with Gasteiger partial charge in [-0.3, -0.25) is 9.10 Å². The van der Waals surface area contributed by atoms with Crippen LogP contribution < -0.4 is 4.31 Å². The molecule has 0 saturated carbocycles. The van der Waals surface area contributed by atoms with Gasteiger partial charge in [-0.05, 0) is 38.2 Å². The molecule has 1 heterocycles. The van der Waals surface area contributed by atoms with Crippen molar-refractivity contribution in [1.29, 1.82) is 0 Å². The van der Waals surface area contributed by atoms with E-state index in [1.54, 1.807) is 11.8 Å². The number of amides is 1. The van der Waals surface area contributed by atoms with Crippen LogP contribution in [0.4, 0.5) is 10.1 Å². The fraction of sp³-hybridized carbons (Fsp3) is 0.533. The van der Waals surface area contributed by atoms with Crippen molar-refractivity contribution in [2.24, 2.45) is 0 Å². The number of carbonyl (C=O) groups is 1. The molecule has 0 unspecified atom stereocenters. The Morgan fingerprint density at radius 2 is 1.70 bits per heavy atom. The van der Waals surface area contributed by atoms with E-state index in [-0.39, 0.29) is 11.6 Å². The predicted molar refractivity (Wildman–Crippen MR) is 87.3 cm³/mol. The fourth-order valence-corrected chi connectivity index (χ4v) is 3.85. The molecule has 128 valence electrons. The van der Waals surface area contributed by atoms with Crippen LogP contribution in [0.1, 0.15) is 6.92 Å². The molecular formula is C15H22FN3O3S. The lowest BCUT2D eigenvalue weighted by Gasteiger charge is -2.36. The number of anilines is 1. The van der Waals surface area contributed by atoms with Gasteiger partial charge in [0.2, 0.25) is 15.9 Å². The standard InChI is InChI=1S/C15H22FN3O3S/c1-12(15(20)18-10-8-17(2)9-11-18)19(23(3,21)22)14-6-4-13(16)5-7-14/h4-7,12H,8-11H2,1-3H3/t12-/m1/s1. The van der Waals surface area contributed by atoms with Gasteiger partial charge in [0.25, 0.3) is 0 Å². The van der Waals surface area contributed by atoms with Gasteiger partial charge in [0.1, 0.15) is 11.9 Å². The molecule has 1 aliphatic rings. The van der Waals surface area contributed by atoms with Crippen LogP contribution in [0, 0.1) is 5.82 Å². The second-order valence-electron chi connectivity index (χ2n) is 5.84. The van der Waals surface area contributed by atoms with Crippen molar-refractivity contribution in [3.8, 4) is 0 Å². The van der Waals surface area contributed by atoms with Crippen LogP contribution in [0.2, 0.25) is 0 Å². The number of rotatable bonds is 4. The van der Waals surface area contributed by atoms with E-state index in [2.05, 4.69) is 4.90 Å². The van der Waals surface area contributed by atoms with Crippen LogP contribution in [-0.4, -0.2) is 69.6 Å². The number of likely N-dealkylation sites (N-methyl/N-ethyl adjacent to an activating group) is 1. The molecule has 6 nitrogen and oxygen atoms in total. The highest BCUT2D eigenvalue weighted by Crippen LogP contribution is 2.22. The number of nitrogens with zero attached hydrogens (tertiary/aromatic N) is 3. The smallest absolute Gasteiger partial charge is 0.246 e. The first kappa shape index (κ1) is 17.7. The van der Waals surface area contributed by atoms with E-state index in [1.807, 2.05) is 7.05 Å². The number of hydrogen-bond donors (Lipinski definition) is 0. The largest absolute Gasteiger partial charge is 0.338 e. The number of sulfonamides is 1. The summed E-state index contributed by atoms with van der Waals surface area (Å²) < 4.78 is 38.4. The maximum Gasteiger partial charge on any atom is 0.246 e. The van der Waals surface area contributed by atoms with Gasteiger partial charge in [0.15, 0.2) is 0 Å². The van der Waals surface area contributed by atoms with E-state index in [0.717, 1.165) is 23.7 Å². The summed E-state index contributed by atoms with van der Waals surface area (Å²) >= 11 is 0. The molecule has 0 aromatic heterocycles. The second-order valence-corrected chi connectivity index (χ2v) is 7.70. The first-order valence-corrected chi connectivity index (χ1v) is 9.27. The summed E-state index contributed by atoms with van der Waals surface area (Å²) in [6.45, 7) is 4.22. The summed E-state index contributed by atoms with van der Waals surface area (Å²) in [4.78, 5) is 16.4. The Labute approximate surface area is 136 Å². The van der Waals surface area contributed by atoms with Crippen LogP contribution in [0.25, 0.3) is 0 Å². The summed E-state index contributed by atoms with van der Waals surface area (Å²) in [5.74, 6) is -0.701. The lowest BCUT2D eigenvalue weighted by molar-refractivity contribution is -0.133. The Morgan fingerprint density at radius 3 is 2.17 bits per heavy atom. The molecule has 0 spiro atoms. The topological polar surface area (TPSA) is 60.9 Å². The van der Waals surface area contributed by atoms with Gasteiger partial charge in [0.05, 0.1) is 11.9 Å². The molecule has 1 atom stereocenters. The van der Waals surface area contributed by atoms with E-state index in [4.69, 9.17) is 0 Å². The minimum Gasteiger partial charge on any atom is -0.338 e. The molecule has 0 radical (unpaired) electrons. The third-order valence-corrected chi connectivity index (χ3v) is 5.20. The van der Waals surface area contributed by atoms with Gasteiger partial charge in [0, 0.05) is 26.2 Å². The number of benzene rings is 1. The SMILES string of the molecule is C[C@H](C(=O)N1CCN(C)CC1)N(c1ccc(F)cc1)S(C)(=O)=O. The molecule has 23 heavy (non-hydrogen) atoms. The Hall–Kier alpha value is -1.67. The van der Waals surface area contributed by atoms with Gasteiger partial charge in [-0.15, -0.1) is 0 Å². The lowest BCUT2D eigenvalue weighted by atomic mass is 10.2. The van der Waals surface area contributed by atoms with Crippen LogP contribution in [0.5, 0.6) is 0 Å². The van der Waals surface area contributed by atoms with Gasteiger partial charge in [-0.1, -0.05) is 0 Å². The van der Waals surface area contributed by atoms with E-state index in [9.17, 15) is 17.6 Å². The third kappa shape index (κ3) is 4.20. The zero-order valence-corrected chi connectivity index (χ0v) is 14.4. The van der Waals surface area contributed by atoms with E-state index in [0.29, 0.717) is 13.1 Å². The number of piperazine rings is 1. The monoisotopic (exact) mass is 343 g/mol. The fourth-order valence-electron chi connectivity index (χ4n) is 2.68. The van der Waals surface area contributed by atoms with E-state index in [1.165, 1.54) is 24.3 Å². The Balaban J connectivity index is 2.25. The van der Waals surface area contributed by atoms with Gasteiger partial charge >= 0.3 is 0 Å². The summed E-state index contributed by atoms with van der Waals surface area (Å²) in [5, 5.41) is 0. The number of hydrogen-bond acceptors (Lipinski definition) is 4. The van der Waals surface area contributed by atoms with Crippen molar-refractivity contribution in [3.63, 3.8) is 0 Å². The normalized spacial score (nSPS) is 17.8. The maximum atomic E-state index is 13.1. The van der Waals surface area contributed by atoms with Crippen LogP contribution in [-0.2, 0) is 14.8 Å². The first-order chi connectivity index (χ1) is 10.7. The lowest BCUT2D eigenvalue weighted by Crippen LogP contribution is -2.54. The van der Waals surface area contributed by atoms with Crippen LogP contribution in [0.3, 0.4) is 0 Å².